The molecule has 0 aliphatic carbocycles. The fourth-order valence-corrected chi connectivity index (χ4v) is 2.47. The summed E-state index contributed by atoms with van der Waals surface area (Å²) in [7, 11) is -1.20. The average molecular weight is 254 g/mol. The fourth-order valence-electron chi connectivity index (χ4n) is 1.40. The van der Waals surface area contributed by atoms with Gasteiger partial charge >= 0.3 is 0 Å². The number of aryl methyl sites for hydroxylation is 1. The molecule has 5 heteroatoms. The molecule has 3 N–H and O–H groups in total. The Kier molecular flexibility index (Phi) is 5.31. The van der Waals surface area contributed by atoms with Gasteiger partial charge < -0.3 is 11.1 Å². The molecule has 0 saturated heterocycles. The van der Waals surface area contributed by atoms with Gasteiger partial charge in [0.05, 0.1) is 0 Å². The highest BCUT2D eigenvalue weighted by Gasteiger charge is 2.10. The number of hydrogen-bond acceptors (Lipinski definition) is 3. The summed E-state index contributed by atoms with van der Waals surface area (Å²) in [5.41, 5.74) is 7.27. The zero-order valence-corrected chi connectivity index (χ0v) is 10.9. The number of nitrogens with two attached hydrogens (primary N) is 1. The fraction of sp³-hybridized carbons (Fsp3) is 0.417. The maximum absolute atomic E-state index is 11.6. The third-order valence-electron chi connectivity index (χ3n) is 2.16. The number of nitrogens with one attached hydrogen (secondary N) is 1. The normalized spacial score (nSPS) is 14.1. The molecule has 0 fully saturated rings. The Hall–Kier alpha value is -1.20. The number of carbonyl (C=O) groups excluding carboxylic acids is 1. The first-order valence-corrected chi connectivity index (χ1v) is 6.94. The SMILES string of the molecule is Cc1ccccc1NC(=O)CS(=O)CC(C)N. The minimum absolute atomic E-state index is 0.00409. The average Bonchev–Trinajstić information content (AvgIpc) is 2.19. The summed E-state index contributed by atoms with van der Waals surface area (Å²) in [6.07, 6.45) is 0. The Morgan fingerprint density at radius 3 is 2.71 bits per heavy atom. The molecule has 0 heterocycles. The highest BCUT2D eigenvalue weighted by Crippen LogP contribution is 2.12. The Morgan fingerprint density at radius 2 is 2.12 bits per heavy atom. The molecule has 4 nitrogen and oxygen atoms in total. The van der Waals surface area contributed by atoms with Crippen molar-refractivity contribution in [1.82, 2.24) is 0 Å². The first kappa shape index (κ1) is 13.9. The lowest BCUT2D eigenvalue weighted by atomic mass is 10.2. The van der Waals surface area contributed by atoms with Crippen LogP contribution < -0.4 is 11.1 Å². The van der Waals surface area contributed by atoms with Gasteiger partial charge in [-0.3, -0.25) is 9.00 Å². The molecule has 1 aromatic carbocycles. The van der Waals surface area contributed by atoms with E-state index in [1.807, 2.05) is 31.2 Å². The number of benzene rings is 1. The van der Waals surface area contributed by atoms with Gasteiger partial charge in [0.1, 0.15) is 5.75 Å². The molecule has 1 rings (SSSR count). The smallest absolute Gasteiger partial charge is 0.236 e. The van der Waals surface area contributed by atoms with Crippen molar-refractivity contribution in [3.63, 3.8) is 0 Å². The Morgan fingerprint density at radius 1 is 1.47 bits per heavy atom. The molecule has 0 aromatic heterocycles. The summed E-state index contributed by atoms with van der Waals surface area (Å²) in [4.78, 5) is 11.6. The third kappa shape index (κ3) is 5.10. The van der Waals surface area contributed by atoms with Crippen molar-refractivity contribution in [2.24, 2.45) is 5.73 Å². The lowest BCUT2D eigenvalue weighted by Gasteiger charge is -2.08. The van der Waals surface area contributed by atoms with Gasteiger partial charge in [-0.1, -0.05) is 18.2 Å². The minimum Gasteiger partial charge on any atom is -0.327 e. The van der Waals surface area contributed by atoms with Crippen molar-refractivity contribution in [3.05, 3.63) is 29.8 Å². The molecular weight excluding hydrogens is 236 g/mol. The zero-order valence-electron chi connectivity index (χ0n) is 10.1. The lowest BCUT2D eigenvalue weighted by molar-refractivity contribution is -0.113. The lowest BCUT2D eigenvalue weighted by Crippen LogP contribution is -2.28. The van der Waals surface area contributed by atoms with Crippen molar-refractivity contribution >= 4 is 22.4 Å². The van der Waals surface area contributed by atoms with E-state index >= 15 is 0 Å². The van der Waals surface area contributed by atoms with Gasteiger partial charge in [-0.05, 0) is 25.5 Å². The van der Waals surface area contributed by atoms with Crippen LogP contribution in [0.1, 0.15) is 12.5 Å². The van der Waals surface area contributed by atoms with E-state index in [1.54, 1.807) is 6.92 Å². The molecule has 0 radical (unpaired) electrons. The first-order valence-electron chi connectivity index (χ1n) is 5.45. The van der Waals surface area contributed by atoms with E-state index in [1.165, 1.54) is 0 Å². The van der Waals surface area contributed by atoms with Gasteiger partial charge in [0.15, 0.2) is 0 Å². The van der Waals surface area contributed by atoms with Crippen LogP contribution in [0, 0.1) is 6.92 Å². The maximum Gasteiger partial charge on any atom is 0.236 e. The van der Waals surface area contributed by atoms with Gasteiger partial charge in [-0.15, -0.1) is 0 Å². The van der Waals surface area contributed by atoms with E-state index in [0.717, 1.165) is 11.3 Å². The minimum atomic E-state index is -1.20. The Bertz CT molecular complexity index is 419. The summed E-state index contributed by atoms with van der Waals surface area (Å²) < 4.78 is 11.5. The Balaban J connectivity index is 2.51. The van der Waals surface area contributed by atoms with Crippen molar-refractivity contribution in [2.75, 3.05) is 16.8 Å². The third-order valence-corrected chi connectivity index (χ3v) is 3.64. The van der Waals surface area contributed by atoms with Crippen LogP contribution >= 0.6 is 0 Å². The van der Waals surface area contributed by atoms with Crippen molar-refractivity contribution in [2.45, 2.75) is 19.9 Å². The monoisotopic (exact) mass is 254 g/mol. The van der Waals surface area contributed by atoms with Crippen LogP contribution in [-0.2, 0) is 15.6 Å². The van der Waals surface area contributed by atoms with Gasteiger partial charge in [0.2, 0.25) is 5.91 Å². The van der Waals surface area contributed by atoms with Crippen LogP contribution in [0.3, 0.4) is 0 Å². The quantitative estimate of drug-likeness (QED) is 0.824. The van der Waals surface area contributed by atoms with Crippen LogP contribution in [0.2, 0.25) is 0 Å². The number of para-hydroxylation sites is 1. The molecule has 1 amide bonds. The molecule has 1 aromatic rings. The summed E-state index contributed by atoms with van der Waals surface area (Å²) in [5, 5.41) is 2.74. The second-order valence-electron chi connectivity index (χ2n) is 4.09. The van der Waals surface area contributed by atoms with E-state index in [9.17, 15) is 9.00 Å². The summed E-state index contributed by atoms with van der Waals surface area (Å²) in [6, 6.07) is 7.33. The predicted octanol–water partition coefficient (Wildman–Crippen LogP) is 1.03. The number of rotatable bonds is 5. The van der Waals surface area contributed by atoms with Gasteiger partial charge in [0.25, 0.3) is 0 Å². The highest BCUT2D eigenvalue weighted by molar-refractivity contribution is 7.85. The second-order valence-corrected chi connectivity index (χ2v) is 5.59. The van der Waals surface area contributed by atoms with Gasteiger partial charge in [-0.2, -0.15) is 0 Å². The van der Waals surface area contributed by atoms with Crippen LogP contribution in [0.4, 0.5) is 5.69 Å². The van der Waals surface area contributed by atoms with Gasteiger partial charge in [0, 0.05) is 28.3 Å². The van der Waals surface area contributed by atoms with Crippen molar-refractivity contribution in [1.29, 1.82) is 0 Å². The molecular formula is C12H18N2O2S. The molecule has 2 atom stereocenters. The number of anilines is 1. The molecule has 17 heavy (non-hydrogen) atoms. The van der Waals surface area contributed by atoms with Crippen LogP contribution in [0.5, 0.6) is 0 Å². The summed E-state index contributed by atoms with van der Waals surface area (Å²) in [5.74, 6) is 0.107. The summed E-state index contributed by atoms with van der Waals surface area (Å²) in [6.45, 7) is 3.69. The van der Waals surface area contributed by atoms with Crippen LogP contribution in [0.15, 0.2) is 24.3 Å². The number of amides is 1. The van der Waals surface area contributed by atoms with Crippen molar-refractivity contribution < 1.29 is 9.00 Å². The number of carbonyl (C=O) groups is 1. The van der Waals surface area contributed by atoms with Crippen LogP contribution in [0.25, 0.3) is 0 Å². The molecule has 0 spiro atoms. The predicted molar refractivity (Wildman–Crippen MR) is 71.3 cm³/mol. The largest absolute Gasteiger partial charge is 0.327 e. The van der Waals surface area contributed by atoms with E-state index in [-0.39, 0.29) is 17.7 Å². The molecule has 2 unspecified atom stereocenters. The van der Waals surface area contributed by atoms with E-state index in [2.05, 4.69) is 5.32 Å². The summed E-state index contributed by atoms with van der Waals surface area (Å²) >= 11 is 0. The van der Waals surface area contributed by atoms with E-state index < -0.39 is 10.8 Å². The highest BCUT2D eigenvalue weighted by atomic mass is 32.2. The second kappa shape index (κ2) is 6.51. The van der Waals surface area contributed by atoms with E-state index in [4.69, 9.17) is 5.73 Å². The van der Waals surface area contributed by atoms with Crippen LogP contribution in [-0.4, -0.2) is 27.7 Å². The van der Waals surface area contributed by atoms with Gasteiger partial charge in [-0.25, -0.2) is 0 Å². The molecule has 94 valence electrons. The molecule has 0 bridgehead atoms. The molecule has 0 aliphatic rings. The molecule has 0 aliphatic heterocycles. The topological polar surface area (TPSA) is 72.2 Å². The Labute approximate surface area is 104 Å². The van der Waals surface area contributed by atoms with E-state index in [0.29, 0.717) is 5.75 Å². The molecule has 0 saturated carbocycles. The maximum atomic E-state index is 11.6. The standard InChI is InChI=1S/C12H18N2O2S/c1-9-5-3-4-6-11(9)14-12(15)8-17(16)7-10(2)13/h3-6,10H,7-8,13H2,1-2H3,(H,14,15). The number of hydrogen-bond donors (Lipinski definition) is 2. The first-order chi connectivity index (χ1) is 7.99. The van der Waals surface area contributed by atoms with Crippen molar-refractivity contribution in [3.8, 4) is 0 Å². The zero-order chi connectivity index (χ0) is 12.8.